The topological polar surface area (TPSA) is 34.1 Å². The molecule has 0 atom stereocenters. The zero-order chi connectivity index (χ0) is 9.64. The van der Waals surface area contributed by atoms with Crippen molar-refractivity contribution in [1.29, 1.82) is 0 Å². The second-order valence-corrected chi connectivity index (χ2v) is 3.58. The lowest BCUT2D eigenvalue weighted by molar-refractivity contribution is 0.0196. The standard InChI is InChI=1S/C11H16N2O/c1-2-6-13-10(3-1)9-14-11-4-7-12-8-5-11/h1-3,6,11-12H,4-5,7-9H2. The van der Waals surface area contributed by atoms with Crippen LogP contribution in [0.15, 0.2) is 24.4 Å². The van der Waals surface area contributed by atoms with Crippen LogP contribution in [0.3, 0.4) is 0 Å². The summed E-state index contributed by atoms with van der Waals surface area (Å²) in [5.41, 5.74) is 1.02. The maximum absolute atomic E-state index is 5.77. The zero-order valence-corrected chi connectivity index (χ0v) is 8.28. The summed E-state index contributed by atoms with van der Waals surface area (Å²) in [7, 11) is 0. The minimum absolute atomic E-state index is 0.415. The molecule has 0 aromatic carbocycles. The van der Waals surface area contributed by atoms with E-state index < -0.39 is 0 Å². The number of nitrogens with one attached hydrogen (secondary N) is 1. The van der Waals surface area contributed by atoms with Gasteiger partial charge in [0.1, 0.15) is 0 Å². The van der Waals surface area contributed by atoms with Crippen molar-refractivity contribution in [2.75, 3.05) is 13.1 Å². The van der Waals surface area contributed by atoms with E-state index in [2.05, 4.69) is 10.3 Å². The van der Waals surface area contributed by atoms with Crippen molar-refractivity contribution in [2.45, 2.75) is 25.6 Å². The number of hydrogen-bond acceptors (Lipinski definition) is 3. The van der Waals surface area contributed by atoms with Crippen LogP contribution in [0.2, 0.25) is 0 Å². The number of ether oxygens (including phenoxy) is 1. The molecule has 0 aliphatic carbocycles. The van der Waals surface area contributed by atoms with Gasteiger partial charge in [-0.1, -0.05) is 6.07 Å². The molecule has 0 saturated carbocycles. The van der Waals surface area contributed by atoms with Crippen molar-refractivity contribution in [3.63, 3.8) is 0 Å². The first kappa shape index (κ1) is 9.62. The number of rotatable bonds is 3. The first-order chi connectivity index (χ1) is 6.95. The summed E-state index contributed by atoms with van der Waals surface area (Å²) in [6.07, 6.45) is 4.46. The van der Waals surface area contributed by atoms with Crippen LogP contribution >= 0.6 is 0 Å². The minimum Gasteiger partial charge on any atom is -0.372 e. The highest BCUT2D eigenvalue weighted by atomic mass is 16.5. The van der Waals surface area contributed by atoms with Gasteiger partial charge in [-0.05, 0) is 38.1 Å². The first-order valence-corrected chi connectivity index (χ1v) is 5.17. The number of pyridine rings is 1. The Hall–Kier alpha value is -0.930. The fourth-order valence-electron chi connectivity index (χ4n) is 1.65. The van der Waals surface area contributed by atoms with E-state index in [0.29, 0.717) is 12.7 Å². The Labute approximate surface area is 84.5 Å². The molecule has 3 nitrogen and oxygen atoms in total. The van der Waals surface area contributed by atoms with E-state index in [1.54, 1.807) is 6.20 Å². The normalized spacial score (nSPS) is 18.3. The summed E-state index contributed by atoms with van der Waals surface area (Å²) in [5.74, 6) is 0. The van der Waals surface area contributed by atoms with Crippen molar-refractivity contribution in [3.8, 4) is 0 Å². The Kier molecular flexibility index (Phi) is 3.49. The van der Waals surface area contributed by atoms with Crippen molar-refractivity contribution in [1.82, 2.24) is 10.3 Å². The molecule has 1 aliphatic heterocycles. The highest BCUT2D eigenvalue weighted by molar-refractivity contribution is 5.01. The van der Waals surface area contributed by atoms with E-state index in [4.69, 9.17) is 4.74 Å². The molecule has 1 aromatic rings. The van der Waals surface area contributed by atoms with Gasteiger partial charge in [0, 0.05) is 6.20 Å². The third-order valence-corrected chi connectivity index (χ3v) is 2.48. The molecule has 0 radical (unpaired) electrons. The highest BCUT2D eigenvalue weighted by Gasteiger charge is 2.12. The molecular formula is C11H16N2O. The van der Waals surface area contributed by atoms with E-state index in [-0.39, 0.29) is 0 Å². The van der Waals surface area contributed by atoms with Crippen molar-refractivity contribution >= 4 is 0 Å². The quantitative estimate of drug-likeness (QED) is 0.785. The van der Waals surface area contributed by atoms with Gasteiger partial charge in [-0.25, -0.2) is 0 Å². The minimum atomic E-state index is 0.415. The Bertz CT molecular complexity index is 257. The molecule has 1 aliphatic rings. The fraction of sp³-hybridized carbons (Fsp3) is 0.545. The van der Waals surface area contributed by atoms with Crippen LogP contribution < -0.4 is 5.32 Å². The number of aromatic nitrogens is 1. The second-order valence-electron chi connectivity index (χ2n) is 3.58. The predicted molar refractivity (Wildman–Crippen MR) is 54.9 cm³/mol. The van der Waals surface area contributed by atoms with Crippen LogP contribution in [-0.2, 0) is 11.3 Å². The molecule has 76 valence electrons. The molecule has 2 rings (SSSR count). The highest BCUT2D eigenvalue weighted by Crippen LogP contribution is 2.09. The third-order valence-electron chi connectivity index (χ3n) is 2.48. The van der Waals surface area contributed by atoms with Crippen LogP contribution in [0.1, 0.15) is 18.5 Å². The van der Waals surface area contributed by atoms with Crippen LogP contribution in [0.5, 0.6) is 0 Å². The molecule has 1 saturated heterocycles. The third kappa shape index (κ3) is 2.79. The van der Waals surface area contributed by atoms with Gasteiger partial charge in [-0.15, -0.1) is 0 Å². The second kappa shape index (κ2) is 5.08. The van der Waals surface area contributed by atoms with Gasteiger partial charge in [0.05, 0.1) is 18.4 Å². The van der Waals surface area contributed by atoms with Crippen molar-refractivity contribution < 1.29 is 4.74 Å². The first-order valence-electron chi connectivity index (χ1n) is 5.17. The molecule has 0 bridgehead atoms. The maximum Gasteiger partial charge on any atom is 0.0891 e. The SMILES string of the molecule is c1ccc(COC2CCNCC2)nc1. The summed E-state index contributed by atoms with van der Waals surface area (Å²) >= 11 is 0. The zero-order valence-electron chi connectivity index (χ0n) is 8.28. The Morgan fingerprint density at radius 3 is 2.93 bits per heavy atom. The predicted octanol–water partition coefficient (Wildman–Crippen LogP) is 1.35. The maximum atomic E-state index is 5.77. The molecule has 1 fully saturated rings. The van der Waals surface area contributed by atoms with Crippen LogP contribution in [0.25, 0.3) is 0 Å². The molecule has 14 heavy (non-hydrogen) atoms. The lowest BCUT2D eigenvalue weighted by Gasteiger charge is -2.22. The van der Waals surface area contributed by atoms with E-state index in [9.17, 15) is 0 Å². The Morgan fingerprint density at radius 2 is 2.21 bits per heavy atom. The largest absolute Gasteiger partial charge is 0.372 e. The van der Waals surface area contributed by atoms with Gasteiger partial charge in [0.15, 0.2) is 0 Å². The lowest BCUT2D eigenvalue weighted by Crippen LogP contribution is -2.32. The summed E-state index contributed by atoms with van der Waals surface area (Å²) in [4.78, 5) is 4.22. The average molecular weight is 192 g/mol. The lowest BCUT2D eigenvalue weighted by atomic mass is 10.1. The summed E-state index contributed by atoms with van der Waals surface area (Å²) in [5, 5.41) is 3.32. The molecule has 0 amide bonds. The van der Waals surface area contributed by atoms with E-state index in [1.165, 1.54) is 0 Å². The molecule has 0 spiro atoms. The van der Waals surface area contributed by atoms with Crippen LogP contribution in [0, 0.1) is 0 Å². The summed E-state index contributed by atoms with van der Waals surface area (Å²) in [6.45, 7) is 2.80. The smallest absolute Gasteiger partial charge is 0.0891 e. The van der Waals surface area contributed by atoms with Gasteiger partial charge in [0.2, 0.25) is 0 Å². The van der Waals surface area contributed by atoms with Gasteiger partial charge in [0.25, 0.3) is 0 Å². The number of nitrogens with zero attached hydrogens (tertiary/aromatic N) is 1. The Morgan fingerprint density at radius 1 is 1.36 bits per heavy atom. The van der Waals surface area contributed by atoms with E-state index in [0.717, 1.165) is 31.6 Å². The average Bonchev–Trinajstić information content (AvgIpc) is 2.29. The monoisotopic (exact) mass is 192 g/mol. The summed E-state index contributed by atoms with van der Waals surface area (Å²) < 4.78 is 5.77. The van der Waals surface area contributed by atoms with E-state index >= 15 is 0 Å². The molecular weight excluding hydrogens is 176 g/mol. The fourth-order valence-corrected chi connectivity index (χ4v) is 1.65. The number of hydrogen-bond donors (Lipinski definition) is 1. The molecule has 0 unspecified atom stereocenters. The van der Waals surface area contributed by atoms with Crippen LogP contribution in [-0.4, -0.2) is 24.2 Å². The molecule has 3 heteroatoms. The number of piperidine rings is 1. The molecule has 2 heterocycles. The summed E-state index contributed by atoms with van der Waals surface area (Å²) in [6, 6.07) is 5.92. The molecule has 1 N–H and O–H groups in total. The van der Waals surface area contributed by atoms with Crippen molar-refractivity contribution in [3.05, 3.63) is 30.1 Å². The van der Waals surface area contributed by atoms with Crippen LogP contribution in [0.4, 0.5) is 0 Å². The van der Waals surface area contributed by atoms with E-state index in [1.807, 2.05) is 18.2 Å². The van der Waals surface area contributed by atoms with Crippen molar-refractivity contribution in [2.24, 2.45) is 0 Å². The molecule has 1 aromatic heterocycles. The van der Waals surface area contributed by atoms with Gasteiger partial charge in [-0.3, -0.25) is 4.98 Å². The van der Waals surface area contributed by atoms with Gasteiger partial charge < -0.3 is 10.1 Å². The Balaban J connectivity index is 1.76. The van der Waals surface area contributed by atoms with Gasteiger partial charge >= 0.3 is 0 Å². The van der Waals surface area contributed by atoms with Gasteiger partial charge in [-0.2, -0.15) is 0 Å².